The SMILES string of the molecule is CCCCCC1(F)CCC([C@H](O)Cc2ccc(OC)cc2)CC1. The molecule has 0 spiro atoms. The van der Waals surface area contributed by atoms with Crippen molar-refractivity contribution < 1.29 is 14.2 Å². The topological polar surface area (TPSA) is 29.5 Å². The number of halogens is 1. The number of alkyl halides is 1. The first-order chi connectivity index (χ1) is 11.1. The minimum absolute atomic E-state index is 0.229. The van der Waals surface area contributed by atoms with Crippen molar-refractivity contribution in [1.82, 2.24) is 0 Å². The van der Waals surface area contributed by atoms with Crippen molar-refractivity contribution in [2.45, 2.75) is 76.5 Å². The fourth-order valence-corrected chi connectivity index (χ4v) is 3.65. The number of hydrogen-bond acceptors (Lipinski definition) is 2. The maximum absolute atomic E-state index is 14.7. The maximum Gasteiger partial charge on any atom is 0.118 e. The Bertz CT molecular complexity index is 449. The molecular formula is C20H31FO2. The summed E-state index contributed by atoms with van der Waals surface area (Å²) in [6, 6.07) is 7.83. The number of unbranched alkanes of at least 4 members (excludes halogenated alkanes) is 2. The van der Waals surface area contributed by atoms with Crippen LogP contribution in [0.25, 0.3) is 0 Å². The highest BCUT2D eigenvalue weighted by atomic mass is 19.1. The monoisotopic (exact) mass is 322 g/mol. The fourth-order valence-electron chi connectivity index (χ4n) is 3.65. The van der Waals surface area contributed by atoms with E-state index in [-0.39, 0.29) is 12.0 Å². The summed E-state index contributed by atoms with van der Waals surface area (Å²) in [5, 5.41) is 10.5. The number of rotatable bonds is 8. The van der Waals surface area contributed by atoms with Gasteiger partial charge < -0.3 is 9.84 Å². The summed E-state index contributed by atoms with van der Waals surface area (Å²) in [6.07, 6.45) is 7.05. The van der Waals surface area contributed by atoms with E-state index in [2.05, 4.69) is 6.92 Å². The molecule has 23 heavy (non-hydrogen) atoms. The summed E-state index contributed by atoms with van der Waals surface area (Å²) in [6.45, 7) is 2.15. The van der Waals surface area contributed by atoms with Gasteiger partial charge in [0.15, 0.2) is 0 Å². The van der Waals surface area contributed by atoms with Crippen LogP contribution in [0, 0.1) is 5.92 Å². The van der Waals surface area contributed by atoms with Crippen LogP contribution in [-0.4, -0.2) is 24.0 Å². The van der Waals surface area contributed by atoms with Crippen molar-refractivity contribution in [1.29, 1.82) is 0 Å². The van der Waals surface area contributed by atoms with Gasteiger partial charge in [0.2, 0.25) is 0 Å². The summed E-state index contributed by atoms with van der Waals surface area (Å²) in [5.41, 5.74) is 0.129. The van der Waals surface area contributed by atoms with E-state index in [9.17, 15) is 9.50 Å². The number of aliphatic hydroxyl groups excluding tert-OH is 1. The van der Waals surface area contributed by atoms with Crippen LogP contribution in [-0.2, 0) is 6.42 Å². The molecule has 1 saturated carbocycles. The van der Waals surface area contributed by atoms with E-state index in [1.807, 2.05) is 24.3 Å². The highest BCUT2D eigenvalue weighted by Crippen LogP contribution is 2.40. The van der Waals surface area contributed by atoms with Crippen molar-refractivity contribution in [3.05, 3.63) is 29.8 Å². The van der Waals surface area contributed by atoms with E-state index in [0.717, 1.165) is 43.4 Å². The molecule has 1 N–H and O–H groups in total. The summed E-state index contributed by atoms with van der Waals surface area (Å²) in [7, 11) is 1.65. The van der Waals surface area contributed by atoms with Crippen LogP contribution in [0.2, 0.25) is 0 Å². The van der Waals surface area contributed by atoms with Gasteiger partial charge in [0, 0.05) is 0 Å². The molecule has 0 radical (unpaired) electrons. The Morgan fingerprint density at radius 2 is 1.87 bits per heavy atom. The molecule has 1 fully saturated rings. The lowest BCUT2D eigenvalue weighted by Crippen LogP contribution is -2.34. The molecule has 0 bridgehead atoms. The number of benzene rings is 1. The molecule has 0 aromatic heterocycles. The van der Waals surface area contributed by atoms with Gasteiger partial charge in [-0.05, 0) is 62.1 Å². The second-order valence-electron chi connectivity index (χ2n) is 7.06. The third-order valence-corrected chi connectivity index (χ3v) is 5.30. The fraction of sp³-hybridized carbons (Fsp3) is 0.700. The third-order valence-electron chi connectivity index (χ3n) is 5.30. The van der Waals surface area contributed by atoms with Crippen LogP contribution in [0.5, 0.6) is 5.75 Å². The quantitative estimate of drug-likeness (QED) is 0.677. The molecule has 1 aliphatic rings. The molecule has 2 nitrogen and oxygen atoms in total. The normalized spacial score (nSPS) is 26.0. The summed E-state index contributed by atoms with van der Waals surface area (Å²) in [4.78, 5) is 0. The Kier molecular flexibility index (Phi) is 6.88. The van der Waals surface area contributed by atoms with Crippen LogP contribution in [0.4, 0.5) is 4.39 Å². The van der Waals surface area contributed by atoms with Crippen LogP contribution in [0.1, 0.15) is 63.9 Å². The van der Waals surface area contributed by atoms with Gasteiger partial charge in [0.25, 0.3) is 0 Å². The zero-order valence-electron chi connectivity index (χ0n) is 14.6. The molecule has 0 heterocycles. The van der Waals surface area contributed by atoms with Crippen LogP contribution >= 0.6 is 0 Å². The van der Waals surface area contributed by atoms with E-state index in [1.54, 1.807) is 7.11 Å². The van der Waals surface area contributed by atoms with Crippen LogP contribution < -0.4 is 4.74 Å². The van der Waals surface area contributed by atoms with Gasteiger partial charge in [0.1, 0.15) is 11.4 Å². The standard InChI is InChI=1S/C20H31FO2/c1-3-4-5-12-20(21)13-10-17(11-14-20)19(22)15-16-6-8-18(23-2)9-7-16/h6-9,17,19,22H,3-5,10-15H2,1-2H3/t17?,19-,20?/m1/s1. The Balaban J connectivity index is 1.79. The predicted molar refractivity (Wildman–Crippen MR) is 92.6 cm³/mol. The van der Waals surface area contributed by atoms with Gasteiger partial charge in [-0.15, -0.1) is 0 Å². The van der Waals surface area contributed by atoms with Gasteiger partial charge >= 0.3 is 0 Å². The minimum atomic E-state index is -0.981. The third kappa shape index (κ3) is 5.49. The average molecular weight is 322 g/mol. The Morgan fingerprint density at radius 1 is 1.22 bits per heavy atom. The summed E-state index contributed by atoms with van der Waals surface area (Å²) >= 11 is 0. The van der Waals surface area contributed by atoms with Gasteiger partial charge in [-0.25, -0.2) is 4.39 Å². The van der Waals surface area contributed by atoms with Crippen molar-refractivity contribution in [3.63, 3.8) is 0 Å². The number of ether oxygens (including phenoxy) is 1. The highest BCUT2D eigenvalue weighted by Gasteiger charge is 2.36. The van der Waals surface area contributed by atoms with E-state index in [4.69, 9.17) is 4.74 Å². The molecule has 0 amide bonds. The van der Waals surface area contributed by atoms with E-state index in [1.165, 1.54) is 0 Å². The zero-order valence-corrected chi connectivity index (χ0v) is 14.6. The van der Waals surface area contributed by atoms with Crippen LogP contribution in [0.3, 0.4) is 0 Å². The van der Waals surface area contributed by atoms with E-state index < -0.39 is 5.67 Å². The molecule has 130 valence electrons. The molecule has 1 atom stereocenters. The van der Waals surface area contributed by atoms with Crippen molar-refractivity contribution in [2.24, 2.45) is 5.92 Å². The predicted octanol–water partition coefficient (Wildman–Crippen LogP) is 5.08. The lowest BCUT2D eigenvalue weighted by molar-refractivity contribution is 0.0204. The Morgan fingerprint density at radius 3 is 2.43 bits per heavy atom. The second-order valence-corrected chi connectivity index (χ2v) is 7.06. The Hall–Kier alpha value is -1.09. The van der Waals surface area contributed by atoms with Gasteiger partial charge in [-0.2, -0.15) is 0 Å². The lowest BCUT2D eigenvalue weighted by Gasteiger charge is -2.36. The zero-order chi connectivity index (χ0) is 16.7. The molecular weight excluding hydrogens is 291 g/mol. The lowest BCUT2D eigenvalue weighted by atomic mass is 9.75. The molecule has 1 aromatic rings. The molecule has 1 aliphatic carbocycles. The number of aliphatic hydroxyl groups is 1. The van der Waals surface area contributed by atoms with Crippen molar-refractivity contribution >= 4 is 0 Å². The summed E-state index contributed by atoms with van der Waals surface area (Å²) in [5.74, 6) is 1.06. The minimum Gasteiger partial charge on any atom is -0.497 e. The second kappa shape index (κ2) is 8.68. The molecule has 3 heteroatoms. The average Bonchev–Trinajstić information content (AvgIpc) is 2.56. The van der Waals surface area contributed by atoms with E-state index in [0.29, 0.717) is 25.7 Å². The first-order valence-electron chi connectivity index (χ1n) is 9.06. The first-order valence-corrected chi connectivity index (χ1v) is 9.06. The van der Waals surface area contributed by atoms with Crippen molar-refractivity contribution in [3.8, 4) is 5.75 Å². The largest absolute Gasteiger partial charge is 0.497 e. The van der Waals surface area contributed by atoms with Crippen molar-refractivity contribution in [2.75, 3.05) is 7.11 Å². The molecule has 2 rings (SSSR count). The Labute approximate surface area is 140 Å². The van der Waals surface area contributed by atoms with Gasteiger partial charge in [0.05, 0.1) is 13.2 Å². The summed E-state index contributed by atoms with van der Waals surface area (Å²) < 4.78 is 19.9. The first kappa shape index (κ1) is 18.3. The number of hydrogen-bond donors (Lipinski definition) is 1. The smallest absolute Gasteiger partial charge is 0.118 e. The molecule has 0 saturated heterocycles. The number of methoxy groups -OCH3 is 1. The molecule has 0 aliphatic heterocycles. The van der Waals surface area contributed by atoms with E-state index >= 15 is 0 Å². The molecule has 1 aromatic carbocycles. The maximum atomic E-state index is 14.7. The van der Waals surface area contributed by atoms with Crippen LogP contribution in [0.15, 0.2) is 24.3 Å². The van der Waals surface area contributed by atoms with Gasteiger partial charge in [-0.1, -0.05) is 38.3 Å². The van der Waals surface area contributed by atoms with Gasteiger partial charge in [-0.3, -0.25) is 0 Å². The highest BCUT2D eigenvalue weighted by molar-refractivity contribution is 5.27. The molecule has 0 unspecified atom stereocenters.